The fourth-order valence-electron chi connectivity index (χ4n) is 1.74. The first-order chi connectivity index (χ1) is 12.2. The van der Waals surface area contributed by atoms with Crippen molar-refractivity contribution in [3.8, 4) is 0 Å². The van der Waals surface area contributed by atoms with Crippen LogP contribution in [0.15, 0.2) is 45.6 Å². The van der Waals surface area contributed by atoms with E-state index in [1.807, 2.05) is 11.4 Å². The number of hydrogen-bond acceptors (Lipinski definition) is 10. The molecule has 136 valence electrons. The molecule has 0 aromatic carbocycles. The lowest BCUT2D eigenvalue weighted by Crippen LogP contribution is -2.29. The summed E-state index contributed by atoms with van der Waals surface area (Å²) in [6, 6.07) is 2.00. The number of nitrogens with zero attached hydrogens (tertiary/aromatic N) is 3. The van der Waals surface area contributed by atoms with Gasteiger partial charge >= 0.3 is 0 Å². The van der Waals surface area contributed by atoms with Crippen molar-refractivity contribution >= 4 is 35.1 Å². The van der Waals surface area contributed by atoms with Gasteiger partial charge in [0.15, 0.2) is 5.82 Å². The van der Waals surface area contributed by atoms with Crippen LogP contribution in [0.3, 0.4) is 0 Å². The van der Waals surface area contributed by atoms with E-state index in [0.29, 0.717) is 24.1 Å². The first-order valence-corrected chi connectivity index (χ1v) is 10.5. The van der Waals surface area contributed by atoms with Crippen LogP contribution in [0, 0.1) is 10.1 Å². The molecule has 2 heterocycles. The third-order valence-corrected chi connectivity index (χ3v) is 5.34. The fraction of sp³-hybridized carbons (Fsp3) is 0.429. The molecule has 0 saturated heterocycles. The van der Waals surface area contributed by atoms with Crippen molar-refractivity contribution < 1.29 is 9.34 Å². The number of nitro groups is 1. The minimum absolute atomic E-state index is 0.431. The second-order valence-corrected chi connectivity index (χ2v) is 7.54. The Kier molecular flexibility index (Phi) is 9.23. The van der Waals surface area contributed by atoms with Crippen LogP contribution >= 0.6 is 35.1 Å². The molecule has 0 aliphatic heterocycles. The molecular weight excluding hydrogens is 382 g/mol. The summed E-state index contributed by atoms with van der Waals surface area (Å²) < 4.78 is 9.37. The molecule has 8 nitrogen and oxygen atoms in total. The van der Waals surface area contributed by atoms with Crippen LogP contribution in [0.2, 0.25) is 0 Å². The molecule has 0 aliphatic carbocycles. The molecule has 2 rings (SSSR count). The maximum absolute atomic E-state index is 10.7. The zero-order valence-electron chi connectivity index (χ0n) is 13.4. The predicted molar refractivity (Wildman–Crippen MR) is 101 cm³/mol. The van der Waals surface area contributed by atoms with Crippen LogP contribution in [-0.2, 0) is 5.75 Å². The molecule has 0 saturated carbocycles. The maximum atomic E-state index is 10.7. The number of thioether (sulfide) groups is 2. The van der Waals surface area contributed by atoms with E-state index in [2.05, 4.69) is 20.0 Å². The summed E-state index contributed by atoms with van der Waals surface area (Å²) in [6.07, 6.45) is 4.94. The average molecular weight is 402 g/mol. The van der Waals surface area contributed by atoms with Gasteiger partial charge in [0, 0.05) is 35.7 Å². The molecule has 2 aromatic rings. The lowest BCUT2D eigenvalue weighted by molar-refractivity contribution is -0.404. The summed E-state index contributed by atoms with van der Waals surface area (Å²) in [5.74, 6) is 2.95. The normalized spacial score (nSPS) is 11.4. The highest BCUT2D eigenvalue weighted by molar-refractivity contribution is 7.99. The van der Waals surface area contributed by atoms with Crippen molar-refractivity contribution in [3.63, 3.8) is 0 Å². The summed E-state index contributed by atoms with van der Waals surface area (Å²) in [5, 5.41) is 19.4. The summed E-state index contributed by atoms with van der Waals surface area (Å²) in [5.41, 5.74) is 1.07. The van der Waals surface area contributed by atoms with Crippen molar-refractivity contribution in [2.24, 2.45) is 0 Å². The van der Waals surface area contributed by atoms with E-state index in [0.717, 1.165) is 35.6 Å². The summed E-state index contributed by atoms with van der Waals surface area (Å²) in [6.45, 7) is 1.28. The highest BCUT2D eigenvalue weighted by Crippen LogP contribution is 2.15. The summed E-state index contributed by atoms with van der Waals surface area (Å²) in [7, 11) is 0. The van der Waals surface area contributed by atoms with Crippen molar-refractivity contribution in [3.05, 3.63) is 51.7 Å². The van der Waals surface area contributed by atoms with Crippen LogP contribution < -0.4 is 10.6 Å². The molecule has 0 amide bonds. The SMILES string of the molecule is O=[N+]([O-])C=C(NCCCSc1ncco1)NCCSCc1ccsn1. The van der Waals surface area contributed by atoms with Crippen LogP contribution in [0.25, 0.3) is 0 Å². The van der Waals surface area contributed by atoms with E-state index in [1.165, 1.54) is 29.6 Å². The van der Waals surface area contributed by atoms with Crippen LogP contribution in [0.5, 0.6) is 0 Å². The lowest BCUT2D eigenvalue weighted by Gasteiger charge is -2.10. The number of aromatic nitrogens is 2. The Labute approximate surface area is 158 Å². The smallest absolute Gasteiger partial charge is 0.274 e. The first kappa shape index (κ1) is 19.6. The minimum Gasteiger partial charge on any atom is -0.440 e. The lowest BCUT2D eigenvalue weighted by atomic mass is 10.5. The number of nitrogens with one attached hydrogen (secondary N) is 2. The van der Waals surface area contributed by atoms with Gasteiger partial charge in [0.25, 0.3) is 11.4 Å². The van der Waals surface area contributed by atoms with Crippen molar-refractivity contribution in [2.75, 3.05) is 24.6 Å². The van der Waals surface area contributed by atoms with E-state index >= 15 is 0 Å². The average Bonchev–Trinajstić information content (AvgIpc) is 3.27. The van der Waals surface area contributed by atoms with Gasteiger partial charge in [0.2, 0.25) is 0 Å². The van der Waals surface area contributed by atoms with E-state index in [9.17, 15) is 10.1 Å². The molecule has 0 unspecified atom stereocenters. The van der Waals surface area contributed by atoms with Crippen LogP contribution in [0.1, 0.15) is 12.1 Å². The van der Waals surface area contributed by atoms with Gasteiger partial charge < -0.3 is 15.1 Å². The minimum atomic E-state index is -0.459. The highest BCUT2D eigenvalue weighted by Gasteiger charge is 2.03. The third kappa shape index (κ3) is 8.79. The fourth-order valence-corrected chi connectivity index (χ4v) is 3.85. The molecule has 0 bridgehead atoms. The van der Waals surface area contributed by atoms with Gasteiger partial charge in [-0.25, -0.2) is 4.98 Å². The Balaban J connectivity index is 1.58. The van der Waals surface area contributed by atoms with Gasteiger partial charge in [-0.05, 0) is 24.0 Å². The zero-order chi connectivity index (χ0) is 17.7. The molecule has 11 heteroatoms. The number of hydrogen-bond donors (Lipinski definition) is 2. The molecule has 2 aromatic heterocycles. The molecule has 0 radical (unpaired) electrons. The largest absolute Gasteiger partial charge is 0.440 e. The van der Waals surface area contributed by atoms with E-state index in [1.54, 1.807) is 18.0 Å². The highest BCUT2D eigenvalue weighted by atomic mass is 32.2. The Bertz CT molecular complexity index is 588. The summed E-state index contributed by atoms with van der Waals surface area (Å²) >= 11 is 4.70. The maximum Gasteiger partial charge on any atom is 0.274 e. The third-order valence-electron chi connectivity index (χ3n) is 2.81. The van der Waals surface area contributed by atoms with Crippen molar-refractivity contribution in [1.82, 2.24) is 20.0 Å². The van der Waals surface area contributed by atoms with Gasteiger partial charge in [-0.2, -0.15) is 16.1 Å². The van der Waals surface area contributed by atoms with Crippen LogP contribution in [-0.4, -0.2) is 38.9 Å². The zero-order valence-corrected chi connectivity index (χ0v) is 15.9. The van der Waals surface area contributed by atoms with E-state index in [4.69, 9.17) is 4.42 Å². The van der Waals surface area contributed by atoms with Gasteiger partial charge in [-0.1, -0.05) is 11.8 Å². The van der Waals surface area contributed by atoms with Gasteiger partial charge in [0.1, 0.15) is 6.26 Å². The second-order valence-electron chi connectivity index (χ2n) is 4.73. The molecular formula is C14H19N5O3S3. The first-order valence-electron chi connectivity index (χ1n) is 7.56. The number of rotatable bonds is 13. The standard InChI is InChI=1S/C14H19N5O3S3/c20-19(21)10-13(15-3-1-7-24-14-17-4-6-22-14)16-5-9-23-11-12-2-8-25-18-12/h2,4,6,8,10,15-16H,1,3,5,7,9,11H2. The molecule has 0 fully saturated rings. The molecule has 0 aliphatic rings. The van der Waals surface area contributed by atoms with Crippen molar-refractivity contribution in [2.45, 2.75) is 17.4 Å². The topological polar surface area (TPSA) is 106 Å². The Morgan fingerprint density at radius 3 is 3.00 bits per heavy atom. The van der Waals surface area contributed by atoms with E-state index in [-0.39, 0.29) is 0 Å². The van der Waals surface area contributed by atoms with E-state index < -0.39 is 4.92 Å². The second kappa shape index (κ2) is 11.8. The Morgan fingerprint density at radius 2 is 2.28 bits per heavy atom. The Hall–Kier alpha value is -1.72. The molecule has 0 spiro atoms. The van der Waals surface area contributed by atoms with Crippen molar-refractivity contribution in [1.29, 1.82) is 0 Å². The Morgan fingerprint density at radius 1 is 1.40 bits per heavy atom. The molecule has 2 N–H and O–H groups in total. The number of oxazole rings is 1. The van der Waals surface area contributed by atoms with Gasteiger partial charge in [-0.3, -0.25) is 10.1 Å². The molecule has 25 heavy (non-hydrogen) atoms. The predicted octanol–water partition coefficient (Wildman–Crippen LogP) is 2.80. The van der Waals surface area contributed by atoms with Gasteiger partial charge in [0.05, 0.1) is 16.8 Å². The van der Waals surface area contributed by atoms with Crippen LogP contribution in [0.4, 0.5) is 0 Å². The quantitative estimate of drug-likeness (QED) is 0.227. The molecule has 0 atom stereocenters. The monoisotopic (exact) mass is 401 g/mol. The van der Waals surface area contributed by atoms with Gasteiger partial charge in [-0.15, -0.1) is 0 Å². The summed E-state index contributed by atoms with van der Waals surface area (Å²) in [4.78, 5) is 14.3.